The number of carbonyl (C=O) groups excluding carboxylic acids is 1. The first-order valence-electron chi connectivity index (χ1n) is 6.22. The van der Waals surface area contributed by atoms with Gasteiger partial charge < -0.3 is 0 Å². The molecule has 0 aliphatic carbocycles. The summed E-state index contributed by atoms with van der Waals surface area (Å²) >= 11 is 0. The van der Waals surface area contributed by atoms with E-state index < -0.39 is 6.17 Å². The smallest absolute Gasteiger partial charge is 0.280 e. The molecule has 1 heterocycles. The summed E-state index contributed by atoms with van der Waals surface area (Å²) in [5.74, 6) is -0.314. The highest BCUT2D eigenvalue weighted by Crippen LogP contribution is 2.24. The van der Waals surface area contributed by atoms with E-state index in [4.69, 9.17) is 0 Å². The van der Waals surface area contributed by atoms with Crippen LogP contribution in [0.15, 0.2) is 69.9 Å². The number of hydrogen-bond donors (Lipinski definition) is 1. The van der Waals surface area contributed by atoms with Gasteiger partial charge >= 0.3 is 0 Å². The van der Waals surface area contributed by atoms with Gasteiger partial charge in [0.2, 0.25) is 0 Å². The summed E-state index contributed by atoms with van der Waals surface area (Å²) in [5, 5.41) is 11.7. The molecule has 0 saturated carbocycles. The van der Waals surface area contributed by atoms with Gasteiger partial charge in [-0.25, -0.2) is 0 Å². The molecule has 1 atom stereocenters. The van der Waals surface area contributed by atoms with Crippen LogP contribution in [0.4, 0.5) is 0 Å². The van der Waals surface area contributed by atoms with Crippen molar-refractivity contribution in [1.29, 1.82) is 0 Å². The molecular weight excluding hydrogens is 252 g/mol. The highest BCUT2D eigenvalue weighted by atomic mass is 16.1. The maximum absolute atomic E-state index is 11.6. The monoisotopic (exact) mass is 264 g/mol. The Kier molecular flexibility index (Phi) is 3.33. The second-order valence-corrected chi connectivity index (χ2v) is 4.31. The number of nitrogens with one attached hydrogen (secondary N) is 1. The molecule has 98 valence electrons. The minimum Gasteiger partial charge on any atom is -0.280 e. The van der Waals surface area contributed by atoms with E-state index in [2.05, 4.69) is 20.8 Å². The number of hydrogen-bond acceptors (Lipinski definition) is 4. The Balaban J connectivity index is 1.77. The van der Waals surface area contributed by atoms with Crippen LogP contribution in [0.1, 0.15) is 27.7 Å². The minimum absolute atomic E-state index is 0.314. The molecule has 5 nitrogen and oxygen atoms in total. The predicted octanol–water partition coefficient (Wildman–Crippen LogP) is 2.91. The molecule has 20 heavy (non-hydrogen) atoms. The molecule has 1 unspecified atom stereocenters. The average Bonchev–Trinajstić information content (AvgIpc) is 2.51. The first-order valence-corrected chi connectivity index (χ1v) is 6.22. The zero-order chi connectivity index (χ0) is 13.8. The molecule has 0 saturated heterocycles. The number of azo groups is 1. The molecule has 0 bridgehead atoms. The molecule has 0 fully saturated rings. The highest BCUT2D eigenvalue weighted by Gasteiger charge is 2.22. The maximum atomic E-state index is 11.6. The molecule has 1 N–H and O–H groups in total. The highest BCUT2D eigenvalue weighted by molar-refractivity contribution is 5.96. The average molecular weight is 264 g/mol. The third-order valence-electron chi connectivity index (χ3n) is 2.96. The van der Waals surface area contributed by atoms with E-state index >= 15 is 0 Å². The van der Waals surface area contributed by atoms with Crippen LogP contribution in [0.5, 0.6) is 0 Å². The number of carbonyl (C=O) groups is 1. The molecule has 3 rings (SSSR count). The van der Waals surface area contributed by atoms with Crippen molar-refractivity contribution in [3.05, 3.63) is 71.3 Å². The summed E-state index contributed by atoms with van der Waals surface area (Å²) in [6.07, 6.45) is 1.28. The Morgan fingerprint density at radius 3 is 2.65 bits per heavy atom. The number of amides is 1. The van der Waals surface area contributed by atoms with Crippen molar-refractivity contribution in [3.63, 3.8) is 0 Å². The van der Waals surface area contributed by atoms with E-state index in [0.29, 0.717) is 5.56 Å². The Bertz CT molecular complexity index is 679. The fraction of sp³-hybridized carbons (Fsp3) is 0.0667. The third-order valence-corrected chi connectivity index (χ3v) is 2.96. The summed E-state index contributed by atoms with van der Waals surface area (Å²) < 4.78 is 0. The standard InChI is InChI=1S/C15H12N4O/c20-15-13-9-5-4-8-12(13)14(18-19-15)17-16-10-11-6-2-1-3-7-11/h1-10,14,17H. The quantitative estimate of drug-likeness (QED) is 0.684. The van der Waals surface area contributed by atoms with Gasteiger partial charge in [-0.15, -0.1) is 5.11 Å². The van der Waals surface area contributed by atoms with Crippen LogP contribution in [0.25, 0.3) is 0 Å². The van der Waals surface area contributed by atoms with Crippen molar-refractivity contribution in [2.24, 2.45) is 15.3 Å². The summed E-state index contributed by atoms with van der Waals surface area (Å²) in [6, 6.07) is 17.0. The van der Waals surface area contributed by atoms with Gasteiger partial charge in [0.15, 0.2) is 6.17 Å². The van der Waals surface area contributed by atoms with Crippen molar-refractivity contribution >= 4 is 12.1 Å². The van der Waals surface area contributed by atoms with E-state index in [-0.39, 0.29) is 5.91 Å². The summed E-state index contributed by atoms with van der Waals surface area (Å²) in [7, 11) is 0. The Morgan fingerprint density at radius 1 is 1.05 bits per heavy atom. The molecular formula is C15H12N4O. The number of hydrazone groups is 1. The lowest BCUT2D eigenvalue weighted by Gasteiger charge is -2.17. The lowest BCUT2D eigenvalue weighted by atomic mass is 10.0. The van der Waals surface area contributed by atoms with Gasteiger partial charge in [-0.3, -0.25) is 10.2 Å². The lowest BCUT2D eigenvalue weighted by Crippen LogP contribution is -2.20. The molecule has 1 aliphatic heterocycles. The fourth-order valence-electron chi connectivity index (χ4n) is 1.97. The van der Waals surface area contributed by atoms with Crippen LogP contribution in [-0.2, 0) is 0 Å². The van der Waals surface area contributed by atoms with Gasteiger partial charge in [-0.2, -0.15) is 10.2 Å². The Labute approximate surface area is 116 Å². The molecule has 0 aromatic heterocycles. The van der Waals surface area contributed by atoms with Crippen molar-refractivity contribution < 1.29 is 4.79 Å². The third kappa shape index (κ3) is 2.47. The summed E-state index contributed by atoms with van der Waals surface area (Å²) in [6.45, 7) is 0. The number of rotatable bonds is 3. The molecule has 5 heteroatoms. The van der Waals surface area contributed by atoms with E-state index in [1.165, 1.54) is 0 Å². The second kappa shape index (κ2) is 5.44. The maximum Gasteiger partial charge on any atom is 0.295 e. The van der Waals surface area contributed by atoms with Gasteiger partial charge in [0, 0.05) is 5.56 Å². The van der Waals surface area contributed by atoms with Crippen LogP contribution in [0, 0.1) is 0 Å². The van der Waals surface area contributed by atoms with Crippen molar-refractivity contribution in [1.82, 2.24) is 5.43 Å². The zero-order valence-corrected chi connectivity index (χ0v) is 10.6. The first kappa shape index (κ1) is 12.2. The number of fused-ring (bicyclic) bond motifs is 1. The predicted molar refractivity (Wildman–Crippen MR) is 75.5 cm³/mol. The van der Waals surface area contributed by atoms with Gasteiger partial charge in [0.05, 0.1) is 11.8 Å². The molecule has 2 aromatic carbocycles. The Hall–Kier alpha value is -2.82. The van der Waals surface area contributed by atoms with E-state index in [0.717, 1.165) is 11.1 Å². The van der Waals surface area contributed by atoms with Crippen LogP contribution in [0.3, 0.4) is 0 Å². The molecule has 0 spiro atoms. The van der Waals surface area contributed by atoms with Gasteiger partial charge in [0.1, 0.15) is 0 Å². The zero-order valence-electron chi connectivity index (χ0n) is 10.6. The van der Waals surface area contributed by atoms with Crippen LogP contribution >= 0.6 is 0 Å². The summed E-state index contributed by atoms with van der Waals surface area (Å²) in [5.41, 5.74) is 5.24. The fourth-order valence-corrected chi connectivity index (χ4v) is 1.97. The second-order valence-electron chi connectivity index (χ2n) is 4.31. The van der Waals surface area contributed by atoms with Crippen molar-refractivity contribution in [2.45, 2.75) is 6.17 Å². The SMILES string of the molecule is O=C1N=NC(NN=Cc2ccccc2)c2ccccc21. The number of nitrogens with zero attached hydrogens (tertiary/aromatic N) is 3. The van der Waals surface area contributed by atoms with Crippen molar-refractivity contribution in [3.8, 4) is 0 Å². The molecule has 2 aromatic rings. The molecule has 0 radical (unpaired) electrons. The summed E-state index contributed by atoms with van der Waals surface area (Å²) in [4.78, 5) is 11.6. The van der Waals surface area contributed by atoms with E-state index in [1.807, 2.05) is 48.5 Å². The topological polar surface area (TPSA) is 66.2 Å². The van der Waals surface area contributed by atoms with E-state index in [1.54, 1.807) is 12.3 Å². The Morgan fingerprint density at radius 2 is 1.80 bits per heavy atom. The lowest BCUT2D eigenvalue weighted by molar-refractivity contribution is 0.0983. The molecule has 1 amide bonds. The largest absolute Gasteiger partial charge is 0.295 e. The van der Waals surface area contributed by atoms with E-state index in [9.17, 15) is 4.79 Å². The van der Waals surface area contributed by atoms with Crippen LogP contribution < -0.4 is 5.43 Å². The first-order chi connectivity index (χ1) is 9.84. The number of benzene rings is 2. The van der Waals surface area contributed by atoms with Crippen molar-refractivity contribution in [2.75, 3.05) is 0 Å². The van der Waals surface area contributed by atoms with Gasteiger partial charge in [0.25, 0.3) is 5.91 Å². The van der Waals surface area contributed by atoms with Gasteiger partial charge in [-0.1, -0.05) is 48.5 Å². The minimum atomic E-state index is -0.427. The van der Waals surface area contributed by atoms with Crippen LogP contribution in [-0.4, -0.2) is 12.1 Å². The molecule has 1 aliphatic rings. The van der Waals surface area contributed by atoms with Gasteiger partial charge in [-0.05, 0) is 11.6 Å². The normalized spacial score (nSPS) is 17.2. The van der Waals surface area contributed by atoms with Crippen LogP contribution in [0.2, 0.25) is 0 Å².